The molecule has 2 amide bonds. The van der Waals surface area contributed by atoms with Gasteiger partial charge < -0.3 is 10.6 Å². The Morgan fingerprint density at radius 2 is 1.55 bits per heavy atom. The van der Waals surface area contributed by atoms with E-state index >= 15 is 0 Å². The number of amides is 2. The minimum absolute atomic E-state index is 0.0870. The normalized spacial score (nSPS) is 12.3. The second-order valence-electron chi connectivity index (χ2n) is 5.74. The van der Waals surface area contributed by atoms with Crippen molar-refractivity contribution in [3.63, 3.8) is 0 Å². The molecular weight excluding hydrogens is 302 g/mol. The van der Waals surface area contributed by atoms with E-state index in [0.29, 0.717) is 5.02 Å². The van der Waals surface area contributed by atoms with Crippen LogP contribution in [0.1, 0.15) is 32.4 Å². The van der Waals surface area contributed by atoms with Crippen LogP contribution < -0.4 is 10.6 Å². The van der Waals surface area contributed by atoms with Gasteiger partial charge in [-0.1, -0.05) is 23.7 Å². The van der Waals surface area contributed by atoms with E-state index < -0.39 is 0 Å². The summed E-state index contributed by atoms with van der Waals surface area (Å²) in [6.45, 7) is 6.08. The molecule has 1 atom stereocenters. The maximum atomic E-state index is 12.0. The third-order valence-electron chi connectivity index (χ3n) is 3.02. The molecule has 22 heavy (non-hydrogen) atoms. The topological polar surface area (TPSA) is 61.4 Å². The zero-order valence-electron chi connectivity index (χ0n) is 13.5. The van der Waals surface area contributed by atoms with Crippen LogP contribution in [0.15, 0.2) is 24.3 Å². The lowest BCUT2D eigenvalue weighted by molar-refractivity contribution is -0.125. The first-order chi connectivity index (χ1) is 10.3. The summed E-state index contributed by atoms with van der Waals surface area (Å²) in [6.07, 6.45) is 0. The van der Waals surface area contributed by atoms with Crippen molar-refractivity contribution in [3.05, 3.63) is 34.9 Å². The molecule has 6 heteroatoms. The number of nitrogens with one attached hydrogen (secondary N) is 2. The van der Waals surface area contributed by atoms with Gasteiger partial charge in [0.25, 0.3) is 0 Å². The van der Waals surface area contributed by atoms with Gasteiger partial charge in [0.05, 0.1) is 19.1 Å². The number of hydrogen-bond donors (Lipinski definition) is 2. The Hall–Kier alpha value is -1.59. The fraction of sp³-hybridized carbons (Fsp3) is 0.500. The highest BCUT2D eigenvalue weighted by Gasteiger charge is 2.14. The number of likely N-dealkylation sites (N-methyl/N-ethyl adjacent to an activating group) is 1. The van der Waals surface area contributed by atoms with Crippen LogP contribution in [-0.4, -0.2) is 42.9 Å². The van der Waals surface area contributed by atoms with Crippen LogP contribution in [0.4, 0.5) is 0 Å². The highest BCUT2D eigenvalue weighted by molar-refractivity contribution is 6.30. The molecule has 1 rings (SSSR count). The molecule has 0 fully saturated rings. The zero-order chi connectivity index (χ0) is 16.7. The third-order valence-corrected chi connectivity index (χ3v) is 3.28. The molecule has 0 aromatic heterocycles. The van der Waals surface area contributed by atoms with E-state index in [-0.39, 0.29) is 37.0 Å². The largest absolute Gasteiger partial charge is 0.353 e. The summed E-state index contributed by atoms with van der Waals surface area (Å²) in [5, 5.41) is 6.36. The molecule has 0 spiro atoms. The van der Waals surface area contributed by atoms with E-state index in [1.165, 1.54) is 0 Å². The van der Waals surface area contributed by atoms with Crippen LogP contribution in [-0.2, 0) is 9.59 Å². The first-order valence-corrected chi connectivity index (χ1v) is 7.68. The molecule has 0 heterocycles. The highest BCUT2D eigenvalue weighted by Crippen LogP contribution is 2.15. The highest BCUT2D eigenvalue weighted by atomic mass is 35.5. The standard InChI is InChI=1S/C16H24ClN3O2/c1-11(2)18-15(21)9-20(4)10-16(22)19-12(3)13-5-7-14(17)8-6-13/h5-8,11-12H,9-10H2,1-4H3,(H,18,21)(H,19,22)/t12-/m1/s1. The molecule has 0 aliphatic heterocycles. The zero-order valence-corrected chi connectivity index (χ0v) is 14.3. The molecule has 0 aliphatic rings. The average Bonchev–Trinajstić information content (AvgIpc) is 2.37. The summed E-state index contributed by atoms with van der Waals surface area (Å²) >= 11 is 5.84. The lowest BCUT2D eigenvalue weighted by Gasteiger charge is -2.19. The van der Waals surface area contributed by atoms with Crippen molar-refractivity contribution in [2.24, 2.45) is 0 Å². The van der Waals surface area contributed by atoms with E-state index in [1.807, 2.05) is 32.9 Å². The van der Waals surface area contributed by atoms with Crippen LogP contribution in [0.3, 0.4) is 0 Å². The van der Waals surface area contributed by atoms with Gasteiger partial charge >= 0.3 is 0 Å². The Balaban J connectivity index is 2.41. The number of rotatable bonds is 7. The fourth-order valence-corrected chi connectivity index (χ4v) is 2.16. The molecule has 0 bridgehead atoms. The van der Waals surface area contributed by atoms with Gasteiger partial charge in [0.2, 0.25) is 11.8 Å². The number of benzene rings is 1. The second kappa shape index (κ2) is 8.76. The predicted molar refractivity (Wildman–Crippen MR) is 88.8 cm³/mol. The predicted octanol–water partition coefficient (Wildman–Crippen LogP) is 1.97. The van der Waals surface area contributed by atoms with Gasteiger partial charge in [0.15, 0.2) is 0 Å². The smallest absolute Gasteiger partial charge is 0.234 e. The average molecular weight is 326 g/mol. The first-order valence-electron chi connectivity index (χ1n) is 7.30. The molecule has 5 nitrogen and oxygen atoms in total. The van der Waals surface area contributed by atoms with Gasteiger partial charge in [-0.05, 0) is 45.5 Å². The summed E-state index contributed by atoms with van der Waals surface area (Å²) in [7, 11) is 1.74. The summed E-state index contributed by atoms with van der Waals surface area (Å²) in [5.74, 6) is -0.210. The first kappa shape index (κ1) is 18.5. The molecule has 0 saturated heterocycles. The van der Waals surface area contributed by atoms with Crippen LogP contribution in [0.25, 0.3) is 0 Å². The third kappa shape index (κ3) is 6.91. The fourth-order valence-electron chi connectivity index (χ4n) is 2.04. The quantitative estimate of drug-likeness (QED) is 0.805. The molecule has 2 N–H and O–H groups in total. The monoisotopic (exact) mass is 325 g/mol. The van der Waals surface area contributed by atoms with Crippen LogP contribution >= 0.6 is 11.6 Å². The molecule has 122 valence electrons. The maximum Gasteiger partial charge on any atom is 0.234 e. The van der Waals surface area contributed by atoms with E-state index in [9.17, 15) is 9.59 Å². The van der Waals surface area contributed by atoms with E-state index in [4.69, 9.17) is 11.6 Å². The van der Waals surface area contributed by atoms with Crippen molar-refractivity contribution in [3.8, 4) is 0 Å². The lowest BCUT2D eigenvalue weighted by atomic mass is 10.1. The van der Waals surface area contributed by atoms with Gasteiger partial charge in [-0.25, -0.2) is 0 Å². The van der Waals surface area contributed by atoms with Crippen LogP contribution in [0.2, 0.25) is 5.02 Å². The van der Waals surface area contributed by atoms with Crippen molar-refractivity contribution in [2.75, 3.05) is 20.1 Å². The summed E-state index contributed by atoms with van der Waals surface area (Å²) in [6, 6.07) is 7.34. The molecule has 0 aliphatic carbocycles. The molecule has 1 aromatic rings. The Morgan fingerprint density at radius 3 is 2.05 bits per heavy atom. The summed E-state index contributed by atoms with van der Waals surface area (Å²) < 4.78 is 0. The van der Waals surface area contributed by atoms with Gasteiger partial charge in [-0.3, -0.25) is 14.5 Å². The van der Waals surface area contributed by atoms with E-state index in [0.717, 1.165) is 5.56 Å². The number of hydrogen-bond acceptors (Lipinski definition) is 3. The molecular formula is C16H24ClN3O2. The van der Waals surface area contributed by atoms with Gasteiger partial charge in [-0.2, -0.15) is 0 Å². The van der Waals surface area contributed by atoms with Crippen LogP contribution in [0, 0.1) is 0 Å². The Kier molecular flexibility index (Phi) is 7.35. The van der Waals surface area contributed by atoms with Crippen molar-refractivity contribution in [2.45, 2.75) is 32.9 Å². The molecule has 1 aromatic carbocycles. The second-order valence-corrected chi connectivity index (χ2v) is 6.17. The lowest BCUT2D eigenvalue weighted by Crippen LogP contribution is -2.42. The van der Waals surface area contributed by atoms with Crippen LogP contribution in [0.5, 0.6) is 0 Å². The molecule has 0 saturated carbocycles. The SMILES string of the molecule is CC(C)NC(=O)CN(C)CC(=O)N[C@H](C)c1ccc(Cl)cc1. The Morgan fingerprint density at radius 1 is 1.05 bits per heavy atom. The number of carbonyl (C=O) groups is 2. The van der Waals surface area contributed by atoms with Gasteiger partial charge in [0.1, 0.15) is 0 Å². The van der Waals surface area contributed by atoms with E-state index in [1.54, 1.807) is 24.1 Å². The number of nitrogens with zero attached hydrogens (tertiary/aromatic N) is 1. The molecule has 0 unspecified atom stereocenters. The summed E-state index contributed by atoms with van der Waals surface area (Å²) in [5.41, 5.74) is 0.984. The van der Waals surface area contributed by atoms with Crippen molar-refractivity contribution >= 4 is 23.4 Å². The van der Waals surface area contributed by atoms with Crippen molar-refractivity contribution in [1.82, 2.24) is 15.5 Å². The Labute approximate surface area is 137 Å². The minimum atomic E-state index is -0.123. The van der Waals surface area contributed by atoms with Crippen molar-refractivity contribution in [1.29, 1.82) is 0 Å². The maximum absolute atomic E-state index is 12.0. The number of halogens is 1. The van der Waals surface area contributed by atoms with E-state index in [2.05, 4.69) is 10.6 Å². The minimum Gasteiger partial charge on any atom is -0.353 e. The summed E-state index contributed by atoms with van der Waals surface area (Å²) in [4.78, 5) is 25.3. The van der Waals surface area contributed by atoms with Gasteiger partial charge in [0, 0.05) is 11.1 Å². The Bertz CT molecular complexity index is 503. The molecule has 0 radical (unpaired) electrons. The van der Waals surface area contributed by atoms with Gasteiger partial charge in [-0.15, -0.1) is 0 Å². The number of carbonyl (C=O) groups excluding carboxylic acids is 2. The van der Waals surface area contributed by atoms with Crippen molar-refractivity contribution < 1.29 is 9.59 Å².